The lowest BCUT2D eigenvalue weighted by atomic mass is 9.80. The van der Waals surface area contributed by atoms with Crippen molar-refractivity contribution in [1.82, 2.24) is 0 Å². The van der Waals surface area contributed by atoms with Crippen molar-refractivity contribution in [3.63, 3.8) is 0 Å². The molecule has 0 amide bonds. The van der Waals surface area contributed by atoms with Gasteiger partial charge in [-0.05, 0) is 12.0 Å². The first kappa shape index (κ1) is 16.2. The van der Waals surface area contributed by atoms with E-state index in [0.717, 1.165) is 13.8 Å². The molecule has 3 N–H and O–H groups in total. The Hall–Kier alpha value is -1.81. The minimum atomic E-state index is -5.25. The highest BCUT2D eigenvalue weighted by Gasteiger charge is 2.59. The Bertz CT molecular complexity index is 574. The molecule has 1 unspecified atom stereocenters. The second-order valence-corrected chi connectivity index (χ2v) is 4.57. The number of nitrogens with two attached hydrogens (primary N) is 1. The molecule has 20 heavy (non-hydrogen) atoms. The average Bonchev–Trinajstić information content (AvgIpc) is 2.32. The number of nitrogen functional groups attached to an aromatic ring is 1. The molecule has 1 atom stereocenters. The molecule has 110 valence electrons. The van der Waals surface area contributed by atoms with Gasteiger partial charge in [0.25, 0.3) is 0 Å². The Balaban J connectivity index is 3.85. The molecule has 0 saturated carbocycles. The second-order valence-electron chi connectivity index (χ2n) is 4.57. The summed E-state index contributed by atoms with van der Waals surface area (Å²) >= 11 is 0. The van der Waals surface area contributed by atoms with Gasteiger partial charge in [-0.15, -0.1) is 6.42 Å². The van der Waals surface area contributed by atoms with Gasteiger partial charge >= 0.3 is 6.18 Å². The number of benzene rings is 1. The maximum atomic E-state index is 13.8. The van der Waals surface area contributed by atoms with E-state index in [0.29, 0.717) is 6.07 Å². The van der Waals surface area contributed by atoms with Gasteiger partial charge in [0.1, 0.15) is 0 Å². The maximum Gasteiger partial charge on any atom is 0.421 e. The highest BCUT2D eigenvalue weighted by Crippen LogP contribution is 2.48. The van der Waals surface area contributed by atoms with Crippen LogP contribution in [0.4, 0.5) is 27.6 Å². The lowest BCUT2D eigenvalue weighted by Crippen LogP contribution is -2.48. The van der Waals surface area contributed by atoms with E-state index in [1.807, 2.05) is 5.92 Å². The molecule has 0 aliphatic heterocycles. The monoisotopic (exact) mass is 293 g/mol. The molecule has 0 fully saturated rings. The number of halogens is 5. The number of rotatable bonds is 2. The zero-order valence-corrected chi connectivity index (χ0v) is 10.6. The van der Waals surface area contributed by atoms with E-state index in [2.05, 4.69) is 0 Å². The number of terminal acetylenes is 1. The fraction of sp³-hybridized carbons (Fsp3) is 0.385. The molecule has 1 aromatic rings. The molecule has 0 radical (unpaired) electrons. The molecule has 1 aromatic carbocycles. The molecule has 0 bridgehead atoms. The van der Waals surface area contributed by atoms with Gasteiger partial charge in [-0.25, -0.2) is 8.78 Å². The lowest BCUT2D eigenvalue weighted by molar-refractivity contribution is -0.283. The van der Waals surface area contributed by atoms with Gasteiger partial charge in [0.15, 0.2) is 17.2 Å². The Morgan fingerprint density at radius 1 is 1.30 bits per heavy atom. The van der Waals surface area contributed by atoms with Crippen molar-refractivity contribution in [1.29, 1.82) is 0 Å². The van der Waals surface area contributed by atoms with E-state index < -0.39 is 46.1 Å². The fourth-order valence-corrected chi connectivity index (χ4v) is 1.89. The van der Waals surface area contributed by atoms with E-state index in [4.69, 9.17) is 12.2 Å². The second kappa shape index (κ2) is 4.94. The number of hydrogen-bond acceptors (Lipinski definition) is 2. The maximum absolute atomic E-state index is 13.8. The number of alkyl halides is 3. The summed E-state index contributed by atoms with van der Waals surface area (Å²) in [5.41, 5.74) is -0.912. The predicted molar refractivity (Wildman–Crippen MR) is 63.5 cm³/mol. The quantitative estimate of drug-likeness (QED) is 0.500. The van der Waals surface area contributed by atoms with Crippen LogP contribution in [0.3, 0.4) is 0 Å². The summed E-state index contributed by atoms with van der Waals surface area (Å²) < 4.78 is 66.5. The SMILES string of the molecule is C#Cc1cc(F)c(F)c(C(O)(C(C)C)C(F)(F)F)c1N. The molecule has 0 aliphatic rings. The van der Waals surface area contributed by atoms with Crippen molar-refractivity contribution in [2.24, 2.45) is 5.92 Å². The van der Waals surface area contributed by atoms with Crippen LogP contribution in [0, 0.1) is 29.9 Å². The third-order valence-corrected chi connectivity index (χ3v) is 3.06. The largest absolute Gasteiger partial charge is 0.421 e. The molecule has 0 heterocycles. The molecule has 7 heteroatoms. The van der Waals surface area contributed by atoms with Gasteiger partial charge in [0.05, 0.1) is 16.8 Å². The van der Waals surface area contributed by atoms with Crippen LogP contribution >= 0.6 is 0 Å². The van der Waals surface area contributed by atoms with Gasteiger partial charge in [-0.3, -0.25) is 0 Å². The third-order valence-electron chi connectivity index (χ3n) is 3.06. The van der Waals surface area contributed by atoms with E-state index in [1.54, 1.807) is 0 Å². The summed E-state index contributed by atoms with van der Waals surface area (Å²) in [5, 5.41) is 9.92. The van der Waals surface area contributed by atoms with E-state index in [-0.39, 0.29) is 0 Å². The smallest absolute Gasteiger partial charge is 0.397 e. The van der Waals surface area contributed by atoms with E-state index >= 15 is 0 Å². The first-order chi connectivity index (χ1) is 8.98. The fourth-order valence-electron chi connectivity index (χ4n) is 1.89. The van der Waals surface area contributed by atoms with Crippen LogP contribution in [0.15, 0.2) is 6.07 Å². The minimum Gasteiger partial charge on any atom is -0.397 e. The van der Waals surface area contributed by atoms with Gasteiger partial charge in [-0.2, -0.15) is 13.2 Å². The van der Waals surface area contributed by atoms with Gasteiger partial charge in [0, 0.05) is 0 Å². The Morgan fingerprint density at radius 3 is 2.15 bits per heavy atom. The topological polar surface area (TPSA) is 46.2 Å². The number of hydrogen-bond donors (Lipinski definition) is 2. The molecule has 0 spiro atoms. The van der Waals surface area contributed by atoms with Crippen molar-refractivity contribution >= 4 is 5.69 Å². The standard InChI is InChI=1S/C13H12F5NO/c1-4-7-5-8(14)10(15)9(11(7)19)12(20,6(2)3)13(16,17)18/h1,5-6,20H,19H2,2-3H3. The lowest BCUT2D eigenvalue weighted by Gasteiger charge is -2.35. The van der Waals surface area contributed by atoms with Crippen molar-refractivity contribution < 1.29 is 27.1 Å². The summed E-state index contributed by atoms with van der Waals surface area (Å²) in [6, 6.07) is 0.505. The van der Waals surface area contributed by atoms with Crippen LogP contribution in [-0.4, -0.2) is 11.3 Å². The molecule has 0 aliphatic carbocycles. The average molecular weight is 293 g/mol. The van der Waals surface area contributed by atoms with Gasteiger partial charge in [0.2, 0.25) is 0 Å². The summed E-state index contributed by atoms with van der Waals surface area (Å²) in [7, 11) is 0. The molecule has 2 nitrogen and oxygen atoms in total. The minimum absolute atomic E-state index is 0.456. The van der Waals surface area contributed by atoms with Crippen LogP contribution in [0.5, 0.6) is 0 Å². The first-order valence-electron chi connectivity index (χ1n) is 5.52. The zero-order chi connectivity index (χ0) is 15.9. The van der Waals surface area contributed by atoms with Crippen LogP contribution in [0.1, 0.15) is 25.0 Å². The van der Waals surface area contributed by atoms with Crippen LogP contribution in [-0.2, 0) is 5.60 Å². The molecule has 1 rings (SSSR count). The van der Waals surface area contributed by atoms with Crippen molar-refractivity contribution in [2.45, 2.75) is 25.6 Å². The van der Waals surface area contributed by atoms with Crippen molar-refractivity contribution in [3.05, 3.63) is 28.8 Å². The van der Waals surface area contributed by atoms with E-state index in [9.17, 15) is 27.1 Å². The number of aliphatic hydroxyl groups is 1. The molecule has 0 aromatic heterocycles. The molecule has 0 saturated heterocycles. The summed E-state index contributed by atoms with van der Waals surface area (Å²) in [6.45, 7) is 2.01. The highest BCUT2D eigenvalue weighted by molar-refractivity contribution is 5.63. The summed E-state index contributed by atoms with van der Waals surface area (Å²) in [5.74, 6) is -3.12. The Morgan fingerprint density at radius 2 is 1.80 bits per heavy atom. The van der Waals surface area contributed by atoms with Gasteiger partial charge < -0.3 is 10.8 Å². The Labute approximate surface area is 112 Å². The van der Waals surface area contributed by atoms with Crippen LogP contribution in [0.2, 0.25) is 0 Å². The van der Waals surface area contributed by atoms with Gasteiger partial charge in [-0.1, -0.05) is 19.8 Å². The summed E-state index contributed by atoms with van der Waals surface area (Å²) in [6.07, 6.45) is -0.269. The molecular weight excluding hydrogens is 281 g/mol. The predicted octanol–water partition coefficient (Wildman–Crippen LogP) is 2.93. The number of anilines is 1. The van der Waals surface area contributed by atoms with Crippen LogP contribution in [0.25, 0.3) is 0 Å². The first-order valence-corrected chi connectivity index (χ1v) is 5.52. The van der Waals surface area contributed by atoms with Crippen molar-refractivity contribution in [2.75, 3.05) is 5.73 Å². The van der Waals surface area contributed by atoms with Crippen molar-refractivity contribution in [3.8, 4) is 12.3 Å². The van der Waals surface area contributed by atoms with Crippen LogP contribution < -0.4 is 5.73 Å². The highest BCUT2D eigenvalue weighted by atomic mass is 19.4. The molecular formula is C13H12F5NO. The summed E-state index contributed by atoms with van der Waals surface area (Å²) in [4.78, 5) is 0. The Kier molecular flexibility index (Phi) is 4.02. The normalized spacial score (nSPS) is 15.0. The zero-order valence-electron chi connectivity index (χ0n) is 10.6. The third kappa shape index (κ3) is 2.20. The van der Waals surface area contributed by atoms with E-state index in [1.165, 1.54) is 0 Å².